The molecule has 1 heterocycles. The van der Waals surface area contributed by atoms with E-state index < -0.39 is 6.04 Å². The summed E-state index contributed by atoms with van der Waals surface area (Å²) in [7, 11) is 0. The van der Waals surface area contributed by atoms with Crippen molar-refractivity contribution >= 4 is 17.2 Å². The van der Waals surface area contributed by atoms with Crippen molar-refractivity contribution in [2.24, 2.45) is 5.73 Å². The van der Waals surface area contributed by atoms with E-state index in [1.807, 2.05) is 12.3 Å². The first-order valence-corrected chi connectivity index (χ1v) is 5.70. The fraction of sp³-hybridized carbons (Fsp3) is 0.500. The van der Waals surface area contributed by atoms with Crippen LogP contribution in [0.5, 0.6) is 0 Å². The van der Waals surface area contributed by atoms with Crippen LogP contribution in [0.3, 0.4) is 0 Å². The van der Waals surface area contributed by atoms with E-state index in [9.17, 15) is 4.79 Å². The zero-order valence-electron chi connectivity index (χ0n) is 8.69. The van der Waals surface area contributed by atoms with Crippen molar-refractivity contribution in [2.75, 3.05) is 13.2 Å². The van der Waals surface area contributed by atoms with Crippen LogP contribution in [0.2, 0.25) is 0 Å². The Balaban J connectivity index is 2.28. The van der Waals surface area contributed by atoms with E-state index in [-0.39, 0.29) is 12.5 Å². The molecule has 0 bridgehead atoms. The summed E-state index contributed by atoms with van der Waals surface area (Å²) in [5.41, 5.74) is 6.60. The van der Waals surface area contributed by atoms with Crippen LogP contribution >= 0.6 is 11.3 Å². The van der Waals surface area contributed by atoms with Crippen molar-refractivity contribution in [1.29, 1.82) is 0 Å². The lowest BCUT2D eigenvalue weighted by Crippen LogP contribution is -2.43. The number of thiophene rings is 1. The summed E-state index contributed by atoms with van der Waals surface area (Å²) in [4.78, 5) is 12.5. The molecular formula is C10H16N2O2S. The molecular weight excluding hydrogens is 212 g/mol. The van der Waals surface area contributed by atoms with Crippen LogP contribution in [0.15, 0.2) is 11.4 Å². The minimum atomic E-state index is -0.811. The largest absolute Gasteiger partial charge is 0.394 e. The highest BCUT2D eigenvalue weighted by molar-refractivity contribution is 7.10. The number of carbonyl (C=O) groups excluding carboxylic acids is 1. The average Bonchev–Trinajstić information content (AvgIpc) is 2.63. The highest BCUT2D eigenvalue weighted by Gasteiger charge is 2.10. The Morgan fingerprint density at radius 3 is 3.00 bits per heavy atom. The van der Waals surface area contributed by atoms with E-state index in [0.29, 0.717) is 6.54 Å². The molecule has 0 aromatic carbocycles. The maximum Gasteiger partial charge on any atom is 0.239 e. The second kappa shape index (κ2) is 5.85. The molecule has 4 N–H and O–H groups in total. The maximum absolute atomic E-state index is 11.2. The Morgan fingerprint density at radius 2 is 2.47 bits per heavy atom. The minimum absolute atomic E-state index is 0.299. The van der Waals surface area contributed by atoms with Gasteiger partial charge in [0.15, 0.2) is 0 Å². The summed E-state index contributed by atoms with van der Waals surface area (Å²) in [5, 5.41) is 13.4. The number of nitrogens with two attached hydrogens (primary N) is 1. The molecule has 0 spiro atoms. The zero-order chi connectivity index (χ0) is 11.3. The number of hydrogen-bond acceptors (Lipinski definition) is 4. The lowest BCUT2D eigenvalue weighted by molar-refractivity contribution is -0.123. The molecule has 0 radical (unpaired) electrons. The average molecular weight is 228 g/mol. The molecule has 1 rings (SSSR count). The summed E-state index contributed by atoms with van der Waals surface area (Å²) in [5.74, 6) is -0.299. The molecule has 1 unspecified atom stereocenters. The summed E-state index contributed by atoms with van der Waals surface area (Å²) in [6, 6.07) is 1.25. The van der Waals surface area contributed by atoms with Crippen LogP contribution in [0, 0.1) is 6.92 Å². The van der Waals surface area contributed by atoms with Gasteiger partial charge in [-0.1, -0.05) is 0 Å². The van der Waals surface area contributed by atoms with Crippen molar-refractivity contribution in [2.45, 2.75) is 19.4 Å². The van der Waals surface area contributed by atoms with E-state index in [1.54, 1.807) is 11.3 Å². The predicted octanol–water partition coefficient (Wildman–Crippen LogP) is 0.0348. The minimum Gasteiger partial charge on any atom is -0.394 e. The fourth-order valence-corrected chi connectivity index (χ4v) is 2.08. The highest BCUT2D eigenvalue weighted by Crippen LogP contribution is 2.15. The third-order valence-corrected chi connectivity index (χ3v) is 3.24. The predicted molar refractivity (Wildman–Crippen MR) is 60.8 cm³/mol. The summed E-state index contributed by atoms with van der Waals surface area (Å²) < 4.78 is 0. The van der Waals surface area contributed by atoms with Gasteiger partial charge in [-0.3, -0.25) is 4.79 Å². The number of carbonyl (C=O) groups is 1. The van der Waals surface area contributed by atoms with Crippen LogP contribution in [-0.2, 0) is 11.2 Å². The molecule has 0 saturated heterocycles. The second-order valence-corrected chi connectivity index (χ2v) is 4.36. The van der Waals surface area contributed by atoms with Crippen molar-refractivity contribution in [3.05, 3.63) is 21.9 Å². The van der Waals surface area contributed by atoms with Crippen LogP contribution in [-0.4, -0.2) is 30.2 Å². The molecule has 15 heavy (non-hydrogen) atoms. The molecule has 1 aromatic heterocycles. The Hall–Kier alpha value is -0.910. The van der Waals surface area contributed by atoms with Gasteiger partial charge in [-0.2, -0.15) is 0 Å². The Labute approximate surface area is 93.1 Å². The van der Waals surface area contributed by atoms with Gasteiger partial charge in [-0.15, -0.1) is 11.3 Å². The molecule has 1 aromatic rings. The summed E-state index contributed by atoms with van der Waals surface area (Å²) >= 11 is 1.68. The van der Waals surface area contributed by atoms with E-state index in [4.69, 9.17) is 10.8 Å². The third kappa shape index (κ3) is 3.62. The van der Waals surface area contributed by atoms with Crippen LogP contribution in [0.25, 0.3) is 0 Å². The third-order valence-electron chi connectivity index (χ3n) is 2.15. The van der Waals surface area contributed by atoms with Crippen molar-refractivity contribution in [1.82, 2.24) is 5.32 Å². The topological polar surface area (TPSA) is 75.4 Å². The smallest absolute Gasteiger partial charge is 0.239 e. The fourth-order valence-electron chi connectivity index (χ4n) is 1.17. The summed E-state index contributed by atoms with van der Waals surface area (Å²) in [6.45, 7) is 2.30. The number of aliphatic hydroxyl groups excluding tert-OH is 1. The van der Waals surface area contributed by atoms with Gasteiger partial charge in [-0.05, 0) is 30.4 Å². The summed E-state index contributed by atoms with van der Waals surface area (Å²) in [6.07, 6.45) is 0.813. The van der Waals surface area contributed by atoms with Crippen molar-refractivity contribution in [3.8, 4) is 0 Å². The number of nitrogens with one attached hydrogen (secondary N) is 1. The van der Waals surface area contributed by atoms with Gasteiger partial charge in [0.25, 0.3) is 0 Å². The zero-order valence-corrected chi connectivity index (χ0v) is 9.51. The lowest BCUT2D eigenvalue weighted by atomic mass is 10.2. The van der Waals surface area contributed by atoms with Crippen LogP contribution in [0.4, 0.5) is 0 Å². The molecule has 1 amide bonds. The molecule has 0 aliphatic carbocycles. The van der Waals surface area contributed by atoms with E-state index >= 15 is 0 Å². The van der Waals surface area contributed by atoms with Gasteiger partial charge < -0.3 is 16.2 Å². The van der Waals surface area contributed by atoms with Gasteiger partial charge in [0.1, 0.15) is 6.04 Å². The van der Waals surface area contributed by atoms with Crippen molar-refractivity contribution < 1.29 is 9.90 Å². The van der Waals surface area contributed by atoms with E-state index in [1.165, 1.54) is 10.4 Å². The second-order valence-electron chi connectivity index (χ2n) is 3.36. The highest BCUT2D eigenvalue weighted by atomic mass is 32.1. The van der Waals surface area contributed by atoms with Gasteiger partial charge in [0, 0.05) is 11.4 Å². The normalized spacial score (nSPS) is 12.5. The number of aryl methyl sites for hydroxylation is 1. The Morgan fingerprint density at radius 1 is 1.73 bits per heavy atom. The van der Waals surface area contributed by atoms with Crippen LogP contribution in [0.1, 0.15) is 10.4 Å². The van der Waals surface area contributed by atoms with Crippen LogP contribution < -0.4 is 11.1 Å². The molecule has 0 aliphatic heterocycles. The first-order chi connectivity index (χ1) is 7.15. The number of hydrogen-bond donors (Lipinski definition) is 3. The lowest BCUT2D eigenvalue weighted by Gasteiger charge is -2.08. The molecule has 4 nitrogen and oxygen atoms in total. The van der Waals surface area contributed by atoms with E-state index in [2.05, 4.69) is 11.4 Å². The first kappa shape index (κ1) is 12.2. The Kier molecular flexibility index (Phi) is 4.74. The van der Waals surface area contributed by atoms with Gasteiger partial charge >= 0.3 is 0 Å². The van der Waals surface area contributed by atoms with Crippen molar-refractivity contribution in [3.63, 3.8) is 0 Å². The monoisotopic (exact) mass is 228 g/mol. The molecule has 1 atom stereocenters. The molecule has 5 heteroatoms. The first-order valence-electron chi connectivity index (χ1n) is 4.82. The molecule has 0 aliphatic rings. The van der Waals surface area contributed by atoms with Gasteiger partial charge in [0.05, 0.1) is 6.61 Å². The number of rotatable bonds is 5. The maximum atomic E-state index is 11.2. The van der Waals surface area contributed by atoms with Gasteiger partial charge in [0.2, 0.25) is 5.91 Å². The quantitative estimate of drug-likeness (QED) is 0.666. The van der Waals surface area contributed by atoms with Gasteiger partial charge in [-0.25, -0.2) is 0 Å². The number of aliphatic hydroxyl groups is 1. The number of amides is 1. The standard InChI is InChI=1S/C10H16N2O2S/c1-7-3-5-15-9(7)2-4-12-10(14)8(11)6-13/h3,5,8,13H,2,4,6,11H2,1H3,(H,12,14). The molecule has 0 saturated carbocycles. The van der Waals surface area contributed by atoms with E-state index in [0.717, 1.165) is 6.42 Å². The molecule has 84 valence electrons. The Bertz CT molecular complexity index is 325. The SMILES string of the molecule is Cc1ccsc1CCNC(=O)C(N)CO. The molecule has 0 fully saturated rings.